The van der Waals surface area contributed by atoms with Crippen LogP contribution in [0.5, 0.6) is 0 Å². The lowest BCUT2D eigenvalue weighted by atomic mass is 10.1. The Bertz CT molecular complexity index is 415. The summed E-state index contributed by atoms with van der Waals surface area (Å²) in [6.07, 6.45) is 23.5. The van der Waals surface area contributed by atoms with Gasteiger partial charge in [-0.2, -0.15) is 0 Å². The topological polar surface area (TPSA) is 21.3 Å². The molecule has 2 nitrogen and oxygen atoms in total. The van der Waals surface area contributed by atoms with E-state index in [2.05, 4.69) is 24.6 Å². The number of rotatable bonds is 18. The molecular weight excluding hydrogens is 318 g/mol. The summed E-state index contributed by atoms with van der Waals surface area (Å²) in [6, 6.07) is 10.1. The third kappa shape index (κ3) is 15.0. The van der Waals surface area contributed by atoms with E-state index in [1.54, 1.807) is 0 Å². The zero-order valence-corrected chi connectivity index (χ0v) is 17.1. The van der Waals surface area contributed by atoms with Gasteiger partial charge >= 0.3 is 0 Å². The monoisotopic (exact) mass is 359 g/mol. The van der Waals surface area contributed by atoms with Crippen LogP contribution in [0.15, 0.2) is 42.5 Å². The predicted octanol–water partition coefficient (Wildman–Crippen LogP) is 8.07. The Kier molecular flexibility index (Phi) is 16.2. The predicted molar refractivity (Wildman–Crippen MR) is 115 cm³/mol. The Balaban J connectivity index is 1.73. The standard InChI is InChI=1S/C24H41NO/c1-2-3-4-5-6-7-8-9-10-11-12-13-14-15-16-20-23-26-25-24-21-18-17-19-22-24/h9-10,17-19,21-22,25H,2-8,11-16,20,23H2,1H3/b10-9-. The van der Waals surface area contributed by atoms with Crippen LogP contribution in [0, 0.1) is 0 Å². The fraction of sp³-hybridized carbons (Fsp3) is 0.667. The van der Waals surface area contributed by atoms with Gasteiger partial charge in [-0.05, 0) is 44.2 Å². The Morgan fingerprint density at radius 2 is 1.23 bits per heavy atom. The lowest BCUT2D eigenvalue weighted by Crippen LogP contribution is -2.02. The van der Waals surface area contributed by atoms with Crippen molar-refractivity contribution in [3.63, 3.8) is 0 Å². The van der Waals surface area contributed by atoms with E-state index in [-0.39, 0.29) is 0 Å². The fourth-order valence-electron chi connectivity index (χ4n) is 3.06. The molecule has 1 rings (SSSR count). The molecule has 0 unspecified atom stereocenters. The summed E-state index contributed by atoms with van der Waals surface area (Å²) in [6.45, 7) is 3.07. The largest absolute Gasteiger partial charge is 0.276 e. The molecule has 1 aromatic rings. The van der Waals surface area contributed by atoms with Gasteiger partial charge < -0.3 is 0 Å². The molecule has 1 N–H and O–H groups in total. The molecule has 0 amide bonds. The van der Waals surface area contributed by atoms with E-state index in [9.17, 15) is 0 Å². The number of unbranched alkanes of at least 4 members (excludes halogenated alkanes) is 12. The van der Waals surface area contributed by atoms with Crippen LogP contribution in [0.4, 0.5) is 5.69 Å². The van der Waals surface area contributed by atoms with Gasteiger partial charge in [-0.25, -0.2) is 0 Å². The van der Waals surface area contributed by atoms with E-state index >= 15 is 0 Å². The minimum absolute atomic E-state index is 0.788. The van der Waals surface area contributed by atoms with Gasteiger partial charge in [-0.15, -0.1) is 0 Å². The van der Waals surface area contributed by atoms with Crippen molar-refractivity contribution in [2.75, 3.05) is 12.1 Å². The van der Waals surface area contributed by atoms with Crippen LogP contribution in [-0.2, 0) is 4.84 Å². The number of allylic oxidation sites excluding steroid dienone is 2. The van der Waals surface area contributed by atoms with Gasteiger partial charge in [0, 0.05) is 0 Å². The third-order valence-corrected chi connectivity index (χ3v) is 4.72. The fourth-order valence-corrected chi connectivity index (χ4v) is 3.06. The van der Waals surface area contributed by atoms with E-state index < -0.39 is 0 Å². The van der Waals surface area contributed by atoms with Gasteiger partial charge in [0.05, 0.1) is 12.3 Å². The molecule has 0 spiro atoms. The van der Waals surface area contributed by atoms with Crippen molar-refractivity contribution in [2.45, 2.75) is 96.8 Å². The molecule has 0 heterocycles. The summed E-state index contributed by atoms with van der Waals surface area (Å²) in [7, 11) is 0. The second-order valence-corrected chi connectivity index (χ2v) is 7.25. The van der Waals surface area contributed by atoms with Gasteiger partial charge in [-0.3, -0.25) is 10.3 Å². The van der Waals surface area contributed by atoms with Crippen molar-refractivity contribution in [1.82, 2.24) is 0 Å². The van der Waals surface area contributed by atoms with Gasteiger partial charge in [0.25, 0.3) is 0 Å². The molecule has 0 saturated carbocycles. The Morgan fingerprint density at radius 3 is 1.85 bits per heavy atom. The summed E-state index contributed by atoms with van der Waals surface area (Å²) in [4.78, 5) is 5.48. The van der Waals surface area contributed by atoms with Crippen molar-refractivity contribution >= 4 is 5.69 Å². The van der Waals surface area contributed by atoms with Gasteiger partial charge in [0.1, 0.15) is 0 Å². The van der Waals surface area contributed by atoms with Crippen LogP contribution in [0.2, 0.25) is 0 Å². The Labute approximate surface area is 162 Å². The van der Waals surface area contributed by atoms with Crippen molar-refractivity contribution in [3.8, 4) is 0 Å². The van der Waals surface area contributed by atoms with Gasteiger partial charge in [0.2, 0.25) is 0 Å². The molecule has 0 aliphatic heterocycles. The molecule has 0 aliphatic rings. The first-order chi connectivity index (χ1) is 12.9. The first-order valence-electron chi connectivity index (χ1n) is 11.0. The normalized spacial score (nSPS) is 11.3. The van der Waals surface area contributed by atoms with E-state index in [0.717, 1.165) is 18.7 Å². The highest BCUT2D eigenvalue weighted by atomic mass is 16.6. The molecule has 148 valence electrons. The van der Waals surface area contributed by atoms with Crippen LogP contribution in [0.25, 0.3) is 0 Å². The minimum atomic E-state index is 0.788. The molecule has 0 saturated heterocycles. The van der Waals surface area contributed by atoms with Crippen LogP contribution >= 0.6 is 0 Å². The van der Waals surface area contributed by atoms with Crippen LogP contribution in [0.1, 0.15) is 96.8 Å². The minimum Gasteiger partial charge on any atom is -0.276 e. The zero-order valence-electron chi connectivity index (χ0n) is 17.1. The summed E-state index contributed by atoms with van der Waals surface area (Å²) in [5, 5.41) is 0. The highest BCUT2D eigenvalue weighted by molar-refractivity contribution is 5.39. The summed E-state index contributed by atoms with van der Waals surface area (Å²) in [5.74, 6) is 0. The van der Waals surface area contributed by atoms with E-state index in [1.165, 1.54) is 83.5 Å². The van der Waals surface area contributed by atoms with E-state index in [0.29, 0.717) is 0 Å². The second-order valence-electron chi connectivity index (χ2n) is 7.25. The van der Waals surface area contributed by atoms with Crippen molar-refractivity contribution in [3.05, 3.63) is 42.5 Å². The maximum Gasteiger partial charge on any atom is 0.0746 e. The number of benzene rings is 1. The molecule has 2 heteroatoms. The van der Waals surface area contributed by atoms with Gasteiger partial charge in [0.15, 0.2) is 0 Å². The maximum atomic E-state index is 5.48. The molecule has 0 aliphatic carbocycles. The molecular formula is C24H41NO. The SMILES string of the molecule is CCCCCCCC/C=C\CCCCCCCCONc1ccccc1. The smallest absolute Gasteiger partial charge is 0.0746 e. The molecule has 26 heavy (non-hydrogen) atoms. The molecule has 0 fully saturated rings. The van der Waals surface area contributed by atoms with Crippen LogP contribution < -0.4 is 5.48 Å². The number of para-hydroxylation sites is 1. The summed E-state index contributed by atoms with van der Waals surface area (Å²) in [5.41, 5.74) is 4.01. The number of hydrogen-bond donors (Lipinski definition) is 1. The number of nitrogens with one attached hydrogen (secondary N) is 1. The molecule has 0 aromatic heterocycles. The quantitative estimate of drug-likeness (QED) is 0.162. The van der Waals surface area contributed by atoms with Gasteiger partial charge in [-0.1, -0.05) is 95.1 Å². The first kappa shape index (κ1) is 22.8. The summed E-state index contributed by atoms with van der Waals surface area (Å²) < 4.78 is 0. The third-order valence-electron chi connectivity index (χ3n) is 4.72. The lowest BCUT2D eigenvalue weighted by Gasteiger charge is -2.06. The Hall–Kier alpha value is -1.28. The van der Waals surface area contributed by atoms with Crippen LogP contribution in [-0.4, -0.2) is 6.61 Å². The second kappa shape index (κ2) is 18.5. The van der Waals surface area contributed by atoms with Crippen molar-refractivity contribution < 1.29 is 4.84 Å². The zero-order chi connectivity index (χ0) is 18.5. The molecule has 0 bridgehead atoms. The maximum absolute atomic E-state index is 5.48. The first-order valence-corrected chi connectivity index (χ1v) is 11.0. The van der Waals surface area contributed by atoms with Crippen LogP contribution in [0.3, 0.4) is 0 Å². The number of anilines is 1. The number of hydrogen-bond acceptors (Lipinski definition) is 2. The highest BCUT2D eigenvalue weighted by Gasteiger charge is 1.93. The van der Waals surface area contributed by atoms with E-state index in [4.69, 9.17) is 4.84 Å². The van der Waals surface area contributed by atoms with Crippen molar-refractivity contribution in [2.24, 2.45) is 0 Å². The molecule has 0 atom stereocenters. The Morgan fingerprint density at radius 1 is 0.692 bits per heavy atom. The average Bonchev–Trinajstić information content (AvgIpc) is 2.68. The average molecular weight is 360 g/mol. The summed E-state index contributed by atoms with van der Waals surface area (Å²) >= 11 is 0. The lowest BCUT2D eigenvalue weighted by molar-refractivity contribution is 0.187. The molecule has 0 radical (unpaired) electrons. The molecule has 1 aromatic carbocycles. The van der Waals surface area contributed by atoms with E-state index in [1.807, 2.05) is 30.3 Å². The highest BCUT2D eigenvalue weighted by Crippen LogP contribution is 2.10. The van der Waals surface area contributed by atoms with Crippen molar-refractivity contribution in [1.29, 1.82) is 0 Å².